The van der Waals surface area contributed by atoms with Crippen molar-refractivity contribution in [3.8, 4) is 0 Å². The van der Waals surface area contributed by atoms with Crippen molar-refractivity contribution < 1.29 is 28.7 Å². The smallest absolute Gasteiger partial charge is 0.408 e. The molecule has 0 saturated heterocycles. The third kappa shape index (κ3) is 8.47. The van der Waals surface area contributed by atoms with Gasteiger partial charge < -0.3 is 25.8 Å². The van der Waals surface area contributed by atoms with Crippen LogP contribution < -0.4 is 16.4 Å². The number of ether oxygens (including phenoxy) is 2. The number of hydrogen-bond donors (Lipinski definition) is 3. The molecule has 0 aliphatic rings. The number of amides is 3. The lowest BCUT2D eigenvalue weighted by molar-refractivity contribution is -0.141. The van der Waals surface area contributed by atoms with E-state index >= 15 is 0 Å². The Bertz CT molecular complexity index is 904. The minimum absolute atomic E-state index is 0.0236. The quantitative estimate of drug-likeness (QED) is 0.452. The van der Waals surface area contributed by atoms with Gasteiger partial charge in [0.25, 0.3) is 0 Å². The second kappa shape index (κ2) is 12.7. The minimum atomic E-state index is -1.10. The highest BCUT2D eigenvalue weighted by Gasteiger charge is 2.27. The van der Waals surface area contributed by atoms with Gasteiger partial charge in [0.2, 0.25) is 11.8 Å². The van der Waals surface area contributed by atoms with Gasteiger partial charge in [-0.25, -0.2) is 4.79 Å². The second-order valence-electron chi connectivity index (χ2n) is 7.03. The van der Waals surface area contributed by atoms with Gasteiger partial charge in [0, 0.05) is 12.8 Å². The Morgan fingerprint density at radius 3 is 2.03 bits per heavy atom. The second-order valence-corrected chi connectivity index (χ2v) is 7.03. The molecule has 0 bridgehead atoms. The fourth-order valence-corrected chi connectivity index (χ4v) is 2.89. The van der Waals surface area contributed by atoms with E-state index in [0.29, 0.717) is 0 Å². The zero-order valence-corrected chi connectivity index (χ0v) is 17.8. The van der Waals surface area contributed by atoms with E-state index in [4.69, 9.17) is 10.5 Å². The number of benzene rings is 2. The molecule has 0 heterocycles. The molecule has 170 valence electrons. The minimum Gasteiger partial charge on any atom is -0.469 e. The first-order valence-electron chi connectivity index (χ1n) is 10.1. The number of rotatable bonds is 11. The molecule has 9 nitrogen and oxygen atoms in total. The van der Waals surface area contributed by atoms with Gasteiger partial charge in [0.1, 0.15) is 18.7 Å². The number of primary amides is 1. The van der Waals surface area contributed by atoms with E-state index in [-0.39, 0.29) is 25.9 Å². The molecule has 0 fully saturated rings. The molecule has 2 atom stereocenters. The maximum Gasteiger partial charge on any atom is 0.408 e. The molecule has 3 amide bonds. The van der Waals surface area contributed by atoms with Crippen molar-refractivity contribution >= 4 is 23.9 Å². The van der Waals surface area contributed by atoms with Crippen LogP contribution in [0.5, 0.6) is 0 Å². The Hall–Kier alpha value is -3.88. The summed E-state index contributed by atoms with van der Waals surface area (Å²) in [5, 5.41) is 5.04. The SMILES string of the molecule is COC(=O)CC[C@@H](NC(=O)[C@H](Cc1ccccc1)NC(=O)OCc1ccccc1)C(N)=O. The lowest BCUT2D eigenvalue weighted by Gasteiger charge is -2.22. The highest BCUT2D eigenvalue weighted by Crippen LogP contribution is 2.07. The number of nitrogens with two attached hydrogens (primary N) is 1. The van der Waals surface area contributed by atoms with Crippen LogP contribution >= 0.6 is 0 Å². The van der Waals surface area contributed by atoms with E-state index in [2.05, 4.69) is 15.4 Å². The van der Waals surface area contributed by atoms with Gasteiger partial charge in [-0.3, -0.25) is 14.4 Å². The van der Waals surface area contributed by atoms with E-state index in [1.807, 2.05) is 24.3 Å². The first-order valence-corrected chi connectivity index (χ1v) is 10.1. The van der Waals surface area contributed by atoms with Crippen molar-refractivity contribution in [1.29, 1.82) is 0 Å². The average molecular weight is 441 g/mol. The lowest BCUT2D eigenvalue weighted by atomic mass is 10.0. The number of alkyl carbamates (subject to hydrolysis) is 1. The van der Waals surface area contributed by atoms with Crippen molar-refractivity contribution in [3.63, 3.8) is 0 Å². The Morgan fingerprint density at radius 1 is 0.875 bits per heavy atom. The monoisotopic (exact) mass is 441 g/mol. The maximum atomic E-state index is 12.9. The van der Waals surface area contributed by atoms with Gasteiger partial charge in [-0.15, -0.1) is 0 Å². The number of methoxy groups -OCH3 is 1. The van der Waals surface area contributed by atoms with Crippen LogP contribution in [-0.4, -0.2) is 43.1 Å². The summed E-state index contributed by atoms with van der Waals surface area (Å²) >= 11 is 0. The van der Waals surface area contributed by atoms with Crippen LogP contribution in [0.4, 0.5) is 4.79 Å². The van der Waals surface area contributed by atoms with Crippen molar-refractivity contribution in [2.75, 3.05) is 7.11 Å². The number of carbonyl (C=O) groups is 4. The van der Waals surface area contributed by atoms with Crippen LogP contribution in [0, 0.1) is 0 Å². The number of carbonyl (C=O) groups excluding carboxylic acids is 4. The van der Waals surface area contributed by atoms with Crippen LogP contribution in [0.1, 0.15) is 24.0 Å². The zero-order chi connectivity index (χ0) is 23.3. The van der Waals surface area contributed by atoms with Crippen molar-refractivity contribution in [2.24, 2.45) is 5.73 Å². The summed E-state index contributed by atoms with van der Waals surface area (Å²) < 4.78 is 9.76. The van der Waals surface area contributed by atoms with Crippen LogP contribution in [0.3, 0.4) is 0 Å². The molecule has 0 aliphatic heterocycles. The van der Waals surface area contributed by atoms with E-state index in [0.717, 1.165) is 11.1 Å². The number of nitrogens with one attached hydrogen (secondary N) is 2. The Morgan fingerprint density at radius 2 is 1.47 bits per heavy atom. The topological polar surface area (TPSA) is 137 Å². The molecule has 2 aromatic rings. The Balaban J connectivity index is 2.05. The molecule has 0 spiro atoms. The molecule has 2 aromatic carbocycles. The molecular formula is C23H27N3O6. The predicted molar refractivity (Wildman–Crippen MR) is 116 cm³/mol. The van der Waals surface area contributed by atoms with E-state index < -0.39 is 36.0 Å². The largest absolute Gasteiger partial charge is 0.469 e. The highest BCUT2D eigenvalue weighted by atomic mass is 16.5. The average Bonchev–Trinajstić information content (AvgIpc) is 2.80. The summed E-state index contributed by atoms with van der Waals surface area (Å²) in [6, 6.07) is 16.0. The van der Waals surface area contributed by atoms with Gasteiger partial charge in [-0.05, 0) is 17.5 Å². The lowest BCUT2D eigenvalue weighted by Crippen LogP contribution is -2.53. The summed E-state index contributed by atoms with van der Waals surface area (Å²) in [6.07, 6.45) is -0.740. The molecule has 4 N–H and O–H groups in total. The number of esters is 1. The van der Waals surface area contributed by atoms with Crippen molar-refractivity contribution in [3.05, 3.63) is 71.8 Å². The summed E-state index contributed by atoms with van der Waals surface area (Å²) in [5.74, 6) is -1.96. The van der Waals surface area contributed by atoms with Gasteiger partial charge >= 0.3 is 12.1 Å². The molecule has 0 aromatic heterocycles. The number of hydrogen-bond acceptors (Lipinski definition) is 6. The fourth-order valence-electron chi connectivity index (χ4n) is 2.89. The van der Waals surface area contributed by atoms with Gasteiger partial charge in [0.15, 0.2) is 0 Å². The van der Waals surface area contributed by atoms with E-state index in [9.17, 15) is 19.2 Å². The summed E-state index contributed by atoms with van der Waals surface area (Å²) in [7, 11) is 1.22. The van der Waals surface area contributed by atoms with Gasteiger partial charge in [0.05, 0.1) is 7.11 Å². The Labute approximate surface area is 186 Å². The molecule has 9 heteroatoms. The van der Waals surface area contributed by atoms with Gasteiger partial charge in [-0.1, -0.05) is 60.7 Å². The zero-order valence-electron chi connectivity index (χ0n) is 17.8. The molecule has 0 aliphatic carbocycles. The molecule has 0 radical (unpaired) electrons. The molecule has 2 rings (SSSR count). The van der Waals surface area contributed by atoms with Crippen LogP contribution in [0.2, 0.25) is 0 Å². The van der Waals surface area contributed by atoms with Gasteiger partial charge in [-0.2, -0.15) is 0 Å². The molecular weight excluding hydrogens is 414 g/mol. The van der Waals surface area contributed by atoms with E-state index in [1.54, 1.807) is 36.4 Å². The third-order valence-corrected chi connectivity index (χ3v) is 4.63. The third-order valence-electron chi connectivity index (χ3n) is 4.63. The summed E-state index contributed by atoms with van der Waals surface area (Å²) in [4.78, 5) is 48.3. The fraction of sp³-hybridized carbons (Fsp3) is 0.304. The first kappa shape index (κ1) is 24.4. The highest BCUT2D eigenvalue weighted by molar-refractivity contribution is 5.91. The summed E-state index contributed by atoms with van der Waals surface area (Å²) in [6.45, 7) is 0.0371. The van der Waals surface area contributed by atoms with Crippen molar-refractivity contribution in [1.82, 2.24) is 10.6 Å². The molecule has 0 saturated carbocycles. The van der Waals surface area contributed by atoms with Crippen LogP contribution in [-0.2, 0) is 36.9 Å². The maximum absolute atomic E-state index is 12.9. The standard InChI is InChI=1S/C23H27N3O6/c1-31-20(27)13-12-18(21(24)28)25-22(29)19(14-16-8-4-2-5-9-16)26-23(30)32-15-17-10-6-3-7-11-17/h2-11,18-19H,12-15H2,1H3,(H2,24,28)(H,25,29)(H,26,30)/t18-,19+/m1/s1. The Kier molecular flexibility index (Phi) is 9.70. The van der Waals surface area contributed by atoms with E-state index in [1.165, 1.54) is 7.11 Å². The summed E-state index contributed by atoms with van der Waals surface area (Å²) in [5.41, 5.74) is 6.95. The molecule has 0 unspecified atom stereocenters. The normalized spacial score (nSPS) is 12.2. The van der Waals surface area contributed by atoms with Crippen LogP contribution in [0.15, 0.2) is 60.7 Å². The first-order chi connectivity index (χ1) is 15.4. The molecule has 32 heavy (non-hydrogen) atoms. The predicted octanol–water partition coefficient (Wildman–Crippen LogP) is 1.45. The van der Waals surface area contributed by atoms with Crippen LogP contribution in [0.25, 0.3) is 0 Å². The van der Waals surface area contributed by atoms with Crippen molar-refractivity contribution in [2.45, 2.75) is 38.0 Å².